The number of fused-ring (bicyclic) bond motifs is 3. The van der Waals surface area contributed by atoms with Crippen LogP contribution in [-0.4, -0.2) is 4.98 Å². The van der Waals surface area contributed by atoms with Crippen LogP contribution in [0.2, 0.25) is 0 Å². The third-order valence-electron chi connectivity index (χ3n) is 10.5. The van der Waals surface area contributed by atoms with Gasteiger partial charge in [-0.05, 0) is 97.1 Å². The van der Waals surface area contributed by atoms with E-state index in [4.69, 9.17) is 4.98 Å². The number of benzene rings is 7. The lowest BCUT2D eigenvalue weighted by Gasteiger charge is -2.23. The number of hydrogen-bond acceptors (Lipinski definition) is 1. The first kappa shape index (κ1) is 30.7. The van der Waals surface area contributed by atoms with Gasteiger partial charge in [-0.2, -0.15) is 0 Å². The van der Waals surface area contributed by atoms with E-state index < -0.39 is 0 Å². The zero-order valence-corrected chi connectivity index (χ0v) is 28.8. The van der Waals surface area contributed by atoms with Gasteiger partial charge in [0.2, 0.25) is 0 Å². The normalized spacial score (nSPS) is 12.7. The molecule has 0 aliphatic heterocycles. The average molecular weight is 652 g/mol. The molecular formula is C50H37N. The van der Waals surface area contributed by atoms with Crippen molar-refractivity contribution < 1.29 is 0 Å². The van der Waals surface area contributed by atoms with Crippen LogP contribution in [0.1, 0.15) is 25.0 Å². The Morgan fingerprint density at radius 3 is 1.49 bits per heavy atom. The van der Waals surface area contributed by atoms with E-state index in [1.807, 2.05) is 6.07 Å². The first-order valence-electron chi connectivity index (χ1n) is 17.7. The van der Waals surface area contributed by atoms with E-state index in [0.717, 1.165) is 28.1 Å². The van der Waals surface area contributed by atoms with Crippen LogP contribution in [-0.2, 0) is 5.41 Å². The van der Waals surface area contributed by atoms with Crippen LogP contribution >= 0.6 is 0 Å². The standard InChI is InChI=1S/C50H37N/c1-50(2)46-24-13-12-23-42(46)45-32-43(36-17-8-4-9-18-36)44(33-47(45)50)37-27-25-35(26-28-37)39-21-14-22-40(29-39)49-31-41(34-15-6-3-7-16-34)30-48(51-49)38-19-10-5-11-20-38/h3-33H,1-2H3. The van der Waals surface area contributed by atoms with Gasteiger partial charge in [-0.1, -0.05) is 172 Å². The van der Waals surface area contributed by atoms with Crippen molar-refractivity contribution in [3.05, 3.63) is 199 Å². The SMILES string of the molecule is CC1(C)c2ccccc2-c2cc(-c3ccccc3)c(-c3ccc(-c4cccc(-c5cc(-c6ccccc6)cc(-c6ccccc6)n5)c4)cc3)cc21. The highest BCUT2D eigenvalue weighted by Crippen LogP contribution is 2.51. The van der Waals surface area contributed by atoms with Crippen molar-refractivity contribution in [3.63, 3.8) is 0 Å². The highest BCUT2D eigenvalue weighted by atomic mass is 14.7. The number of aromatic nitrogens is 1. The molecular weight excluding hydrogens is 615 g/mol. The van der Waals surface area contributed by atoms with Gasteiger partial charge in [0.25, 0.3) is 0 Å². The molecule has 0 N–H and O–H groups in total. The van der Waals surface area contributed by atoms with Crippen molar-refractivity contribution in [2.24, 2.45) is 0 Å². The molecule has 1 aliphatic carbocycles. The van der Waals surface area contributed by atoms with Gasteiger partial charge in [-0.3, -0.25) is 0 Å². The molecule has 0 atom stereocenters. The summed E-state index contributed by atoms with van der Waals surface area (Å²) >= 11 is 0. The summed E-state index contributed by atoms with van der Waals surface area (Å²) in [5.74, 6) is 0. The first-order valence-corrected chi connectivity index (χ1v) is 17.7. The van der Waals surface area contributed by atoms with Crippen LogP contribution in [0.15, 0.2) is 188 Å². The third kappa shape index (κ3) is 5.58. The van der Waals surface area contributed by atoms with Crippen LogP contribution in [0.4, 0.5) is 0 Å². The molecule has 1 heteroatoms. The maximum absolute atomic E-state index is 5.18. The van der Waals surface area contributed by atoms with Crippen LogP contribution in [0.25, 0.3) is 78.1 Å². The fourth-order valence-electron chi connectivity index (χ4n) is 7.78. The molecule has 0 bridgehead atoms. The molecule has 9 rings (SSSR count). The Morgan fingerprint density at radius 2 is 0.784 bits per heavy atom. The van der Waals surface area contributed by atoms with Gasteiger partial charge in [-0.25, -0.2) is 4.98 Å². The highest BCUT2D eigenvalue weighted by molar-refractivity contribution is 5.93. The molecule has 0 saturated carbocycles. The molecule has 0 amide bonds. The molecule has 0 saturated heterocycles. The average Bonchev–Trinajstić information content (AvgIpc) is 3.43. The summed E-state index contributed by atoms with van der Waals surface area (Å²) in [4.78, 5) is 5.18. The van der Waals surface area contributed by atoms with Crippen LogP contribution in [0, 0.1) is 0 Å². The Labute approximate surface area is 300 Å². The van der Waals surface area contributed by atoms with Crippen LogP contribution < -0.4 is 0 Å². The predicted molar refractivity (Wildman–Crippen MR) is 214 cm³/mol. The topological polar surface area (TPSA) is 12.9 Å². The molecule has 0 spiro atoms. The van der Waals surface area contributed by atoms with Crippen molar-refractivity contribution in [2.45, 2.75) is 19.3 Å². The van der Waals surface area contributed by atoms with E-state index >= 15 is 0 Å². The van der Waals surface area contributed by atoms with E-state index in [1.54, 1.807) is 0 Å². The van der Waals surface area contributed by atoms with E-state index in [-0.39, 0.29) is 5.41 Å². The second-order valence-electron chi connectivity index (χ2n) is 14.0. The lowest BCUT2D eigenvalue weighted by Crippen LogP contribution is -2.15. The Bertz CT molecular complexity index is 2450. The number of nitrogens with zero attached hydrogens (tertiary/aromatic N) is 1. The molecule has 0 radical (unpaired) electrons. The summed E-state index contributed by atoms with van der Waals surface area (Å²) in [7, 11) is 0. The van der Waals surface area contributed by atoms with Crippen LogP contribution in [0.5, 0.6) is 0 Å². The molecule has 1 aromatic heterocycles. The third-order valence-corrected chi connectivity index (χ3v) is 10.5. The van der Waals surface area contributed by atoms with Crippen molar-refractivity contribution in [3.8, 4) is 78.1 Å². The Balaban J connectivity index is 1.11. The molecule has 7 aromatic carbocycles. The maximum Gasteiger partial charge on any atom is 0.0715 e. The smallest absolute Gasteiger partial charge is 0.0715 e. The summed E-state index contributed by atoms with van der Waals surface area (Å²) in [5, 5.41) is 0. The van der Waals surface area contributed by atoms with E-state index in [2.05, 4.69) is 196 Å². The van der Waals surface area contributed by atoms with Gasteiger partial charge in [0, 0.05) is 16.5 Å². The molecule has 1 aliphatic rings. The van der Waals surface area contributed by atoms with Crippen molar-refractivity contribution in [1.29, 1.82) is 0 Å². The Morgan fingerprint density at radius 1 is 0.294 bits per heavy atom. The predicted octanol–water partition coefficient (Wildman–Crippen LogP) is 13.4. The quantitative estimate of drug-likeness (QED) is 0.174. The fraction of sp³-hybridized carbons (Fsp3) is 0.0600. The molecule has 1 nitrogen and oxygen atoms in total. The van der Waals surface area contributed by atoms with Gasteiger partial charge in [0.05, 0.1) is 11.4 Å². The van der Waals surface area contributed by atoms with Crippen LogP contribution in [0.3, 0.4) is 0 Å². The van der Waals surface area contributed by atoms with E-state index in [0.29, 0.717) is 0 Å². The van der Waals surface area contributed by atoms with Gasteiger partial charge < -0.3 is 0 Å². The molecule has 8 aromatic rings. The highest BCUT2D eigenvalue weighted by Gasteiger charge is 2.36. The largest absolute Gasteiger partial charge is 0.248 e. The lowest BCUT2D eigenvalue weighted by atomic mass is 9.80. The van der Waals surface area contributed by atoms with Gasteiger partial charge in [0.15, 0.2) is 0 Å². The zero-order valence-electron chi connectivity index (χ0n) is 28.8. The van der Waals surface area contributed by atoms with E-state index in [9.17, 15) is 0 Å². The Hall–Kier alpha value is -6.31. The summed E-state index contributed by atoms with van der Waals surface area (Å²) in [6, 6.07) is 67.8. The second kappa shape index (κ2) is 12.5. The summed E-state index contributed by atoms with van der Waals surface area (Å²) in [5.41, 5.74) is 19.2. The zero-order chi connectivity index (χ0) is 34.4. The lowest BCUT2D eigenvalue weighted by molar-refractivity contribution is 0.660. The minimum Gasteiger partial charge on any atom is -0.248 e. The number of hydrogen-bond donors (Lipinski definition) is 0. The van der Waals surface area contributed by atoms with Gasteiger partial charge >= 0.3 is 0 Å². The molecule has 0 unspecified atom stereocenters. The molecule has 0 fully saturated rings. The minimum absolute atomic E-state index is 0.0670. The number of rotatable bonds is 6. The maximum atomic E-state index is 5.18. The number of pyridine rings is 1. The van der Waals surface area contributed by atoms with E-state index in [1.165, 1.54) is 61.2 Å². The summed E-state index contributed by atoms with van der Waals surface area (Å²) in [6.07, 6.45) is 0. The molecule has 1 heterocycles. The van der Waals surface area contributed by atoms with Crippen molar-refractivity contribution >= 4 is 0 Å². The molecule has 242 valence electrons. The first-order chi connectivity index (χ1) is 25.0. The molecule has 51 heavy (non-hydrogen) atoms. The van der Waals surface area contributed by atoms with Crippen molar-refractivity contribution in [1.82, 2.24) is 4.98 Å². The second-order valence-corrected chi connectivity index (χ2v) is 14.0. The van der Waals surface area contributed by atoms with Gasteiger partial charge in [-0.15, -0.1) is 0 Å². The summed E-state index contributed by atoms with van der Waals surface area (Å²) in [6.45, 7) is 4.71. The fourth-order valence-corrected chi connectivity index (χ4v) is 7.78. The monoisotopic (exact) mass is 651 g/mol. The van der Waals surface area contributed by atoms with Crippen molar-refractivity contribution in [2.75, 3.05) is 0 Å². The summed E-state index contributed by atoms with van der Waals surface area (Å²) < 4.78 is 0. The Kier molecular flexibility index (Phi) is 7.55. The van der Waals surface area contributed by atoms with Gasteiger partial charge in [0.1, 0.15) is 0 Å². The minimum atomic E-state index is -0.0670.